The van der Waals surface area contributed by atoms with Gasteiger partial charge in [0.25, 0.3) is 5.91 Å². The smallest absolute Gasteiger partial charge is 0.254 e. The zero-order valence-corrected chi connectivity index (χ0v) is 19.7. The fourth-order valence-electron chi connectivity index (χ4n) is 5.17. The van der Waals surface area contributed by atoms with Gasteiger partial charge in [-0.1, -0.05) is 31.4 Å². The molecule has 1 aromatic heterocycles. The minimum Gasteiger partial charge on any atom is -0.340 e. The van der Waals surface area contributed by atoms with Gasteiger partial charge in [-0.2, -0.15) is 4.31 Å². The summed E-state index contributed by atoms with van der Waals surface area (Å²) in [5.41, 5.74) is 2.35. The van der Waals surface area contributed by atoms with Crippen molar-refractivity contribution in [1.29, 1.82) is 0 Å². The Morgan fingerprint density at radius 2 is 1.73 bits per heavy atom. The summed E-state index contributed by atoms with van der Waals surface area (Å²) >= 11 is 0. The van der Waals surface area contributed by atoms with E-state index >= 15 is 0 Å². The molecule has 5 rings (SSSR count). The lowest BCUT2D eigenvalue weighted by atomic mass is 9.96. The SMILES string of the molecule is CN(C1CCCCC1)S(=O)(=O)c1ccc(C(=O)N2CCCC2c2nc3ccccc3[nH]2)cc1. The monoisotopic (exact) mass is 466 g/mol. The molecular formula is C25H30N4O3S. The van der Waals surface area contributed by atoms with Gasteiger partial charge in [0.2, 0.25) is 10.0 Å². The summed E-state index contributed by atoms with van der Waals surface area (Å²) in [5, 5.41) is 0. The number of aromatic amines is 1. The minimum absolute atomic E-state index is 0.0548. The highest BCUT2D eigenvalue weighted by Crippen LogP contribution is 2.33. The second-order valence-corrected chi connectivity index (χ2v) is 11.1. The van der Waals surface area contributed by atoms with Crippen LogP contribution in [0.15, 0.2) is 53.4 Å². The van der Waals surface area contributed by atoms with E-state index in [1.54, 1.807) is 31.3 Å². The van der Waals surface area contributed by atoms with Crippen molar-refractivity contribution in [3.63, 3.8) is 0 Å². The van der Waals surface area contributed by atoms with E-state index in [1.807, 2.05) is 29.2 Å². The summed E-state index contributed by atoms with van der Waals surface area (Å²) in [6.45, 7) is 0.658. The van der Waals surface area contributed by atoms with E-state index in [1.165, 1.54) is 10.7 Å². The number of sulfonamides is 1. The molecule has 1 aliphatic carbocycles. The molecule has 1 saturated carbocycles. The van der Waals surface area contributed by atoms with Gasteiger partial charge in [-0.05, 0) is 62.1 Å². The molecule has 0 spiro atoms. The van der Waals surface area contributed by atoms with Crippen LogP contribution in [0.4, 0.5) is 0 Å². The number of fused-ring (bicyclic) bond motifs is 1. The number of nitrogens with one attached hydrogen (secondary N) is 1. The number of imidazole rings is 1. The van der Waals surface area contributed by atoms with Gasteiger partial charge >= 0.3 is 0 Å². The molecule has 1 atom stereocenters. The number of likely N-dealkylation sites (tertiary alicyclic amines) is 1. The largest absolute Gasteiger partial charge is 0.340 e. The number of amides is 1. The van der Waals surface area contributed by atoms with Crippen LogP contribution in [0.2, 0.25) is 0 Å². The molecule has 2 heterocycles. The molecule has 3 aromatic rings. The van der Waals surface area contributed by atoms with Crippen molar-refractivity contribution in [3.8, 4) is 0 Å². The molecular weight excluding hydrogens is 436 g/mol. The van der Waals surface area contributed by atoms with Crippen molar-refractivity contribution in [2.75, 3.05) is 13.6 Å². The Hall–Kier alpha value is -2.71. The molecule has 1 N–H and O–H groups in total. The Balaban J connectivity index is 1.34. The standard InChI is InChI=1S/C25H30N4O3S/c1-28(19-8-3-2-4-9-19)33(31,32)20-15-13-18(14-16-20)25(30)29-17-7-12-23(29)24-26-21-10-5-6-11-22(21)27-24/h5-6,10-11,13-16,19,23H,2-4,7-9,12,17H2,1H3,(H,26,27). The highest BCUT2D eigenvalue weighted by molar-refractivity contribution is 7.89. The van der Waals surface area contributed by atoms with Gasteiger partial charge in [-0.25, -0.2) is 13.4 Å². The predicted molar refractivity (Wildman–Crippen MR) is 127 cm³/mol. The normalized spacial score (nSPS) is 20.1. The molecule has 7 nitrogen and oxygen atoms in total. The molecule has 1 unspecified atom stereocenters. The average Bonchev–Trinajstić information content (AvgIpc) is 3.50. The van der Waals surface area contributed by atoms with Gasteiger partial charge in [0.05, 0.1) is 22.0 Å². The third-order valence-corrected chi connectivity index (χ3v) is 9.03. The number of hydrogen-bond acceptors (Lipinski definition) is 4. The Labute approximate surface area is 194 Å². The highest BCUT2D eigenvalue weighted by atomic mass is 32.2. The van der Waals surface area contributed by atoms with Crippen molar-refractivity contribution < 1.29 is 13.2 Å². The Kier molecular flexibility index (Phi) is 5.97. The zero-order chi connectivity index (χ0) is 23.0. The van der Waals surface area contributed by atoms with Crippen molar-refractivity contribution in [2.24, 2.45) is 0 Å². The van der Waals surface area contributed by atoms with Gasteiger partial charge < -0.3 is 9.88 Å². The molecule has 0 radical (unpaired) electrons. The van der Waals surface area contributed by atoms with Crippen LogP contribution in [0, 0.1) is 0 Å². The Bertz CT molecular complexity index is 1210. The predicted octanol–water partition coefficient (Wildman–Crippen LogP) is 4.49. The van der Waals surface area contributed by atoms with Crippen LogP contribution in [-0.4, -0.2) is 53.1 Å². The van der Waals surface area contributed by atoms with Gasteiger partial charge in [0.15, 0.2) is 0 Å². The van der Waals surface area contributed by atoms with Crippen molar-refractivity contribution in [1.82, 2.24) is 19.2 Å². The summed E-state index contributed by atoms with van der Waals surface area (Å²) < 4.78 is 27.7. The lowest BCUT2D eigenvalue weighted by Crippen LogP contribution is -2.38. The molecule has 1 aliphatic heterocycles. The third-order valence-electron chi connectivity index (χ3n) is 7.10. The summed E-state index contributed by atoms with van der Waals surface area (Å²) in [4.78, 5) is 23.4. The Morgan fingerprint density at radius 1 is 1.00 bits per heavy atom. The molecule has 33 heavy (non-hydrogen) atoms. The first-order valence-corrected chi connectivity index (χ1v) is 13.2. The summed E-state index contributed by atoms with van der Waals surface area (Å²) in [7, 11) is -1.90. The average molecular weight is 467 g/mol. The maximum absolute atomic E-state index is 13.3. The van der Waals surface area contributed by atoms with Crippen LogP contribution >= 0.6 is 0 Å². The summed E-state index contributed by atoms with van der Waals surface area (Å²) in [6, 6.07) is 14.2. The number of para-hydroxylation sites is 2. The van der Waals surface area contributed by atoms with E-state index < -0.39 is 10.0 Å². The molecule has 174 valence electrons. The highest BCUT2D eigenvalue weighted by Gasteiger charge is 2.33. The van der Waals surface area contributed by atoms with Crippen molar-refractivity contribution >= 4 is 27.0 Å². The maximum atomic E-state index is 13.3. The van der Waals surface area contributed by atoms with E-state index in [0.29, 0.717) is 12.1 Å². The first kappa shape index (κ1) is 22.1. The lowest BCUT2D eigenvalue weighted by Gasteiger charge is -2.30. The third kappa shape index (κ3) is 4.17. The topological polar surface area (TPSA) is 86.4 Å². The van der Waals surface area contributed by atoms with E-state index in [0.717, 1.165) is 55.4 Å². The van der Waals surface area contributed by atoms with Crippen LogP contribution in [0.25, 0.3) is 11.0 Å². The molecule has 2 aromatic carbocycles. The van der Waals surface area contributed by atoms with Crippen LogP contribution in [0.3, 0.4) is 0 Å². The van der Waals surface area contributed by atoms with Crippen LogP contribution in [0.5, 0.6) is 0 Å². The molecule has 2 fully saturated rings. The van der Waals surface area contributed by atoms with Crippen molar-refractivity contribution in [2.45, 2.75) is 61.9 Å². The lowest BCUT2D eigenvalue weighted by molar-refractivity contribution is 0.0730. The number of carbonyl (C=O) groups is 1. The zero-order valence-electron chi connectivity index (χ0n) is 18.9. The number of hydrogen-bond donors (Lipinski definition) is 1. The number of carbonyl (C=O) groups excluding carboxylic acids is 1. The molecule has 8 heteroatoms. The fraction of sp³-hybridized carbons (Fsp3) is 0.440. The van der Waals surface area contributed by atoms with E-state index in [4.69, 9.17) is 4.98 Å². The second-order valence-electron chi connectivity index (χ2n) is 9.13. The van der Waals surface area contributed by atoms with Crippen LogP contribution in [-0.2, 0) is 10.0 Å². The minimum atomic E-state index is -3.58. The van der Waals surface area contributed by atoms with Gasteiger partial charge in [-0.15, -0.1) is 0 Å². The number of nitrogens with zero attached hydrogens (tertiary/aromatic N) is 3. The fourth-order valence-corrected chi connectivity index (χ4v) is 6.58. The summed E-state index contributed by atoms with van der Waals surface area (Å²) in [6.07, 6.45) is 6.89. The number of rotatable bonds is 5. The van der Waals surface area contributed by atoms with E-state index in [2.05, 4.69) is 4.98 Å². The number of H-pyrrole nitrogens is 1. The van der Waals surface area contributed by atoms with E-state index in [-0.39, 0.29) is 22.9 Å². The molecule has 1 saturated heterocycles. The first-order valence-electron chi connectivity index (χ1n) is 11.8. The number of benzene rings is 2. The van der Waals surface area contributed by atoms with Crippen LogP contribution in [0.1, 0.15) is 67.2 Å². The maximum Gasteiger partial charge on any atom is 0.254 e. The van der Waals surface area contributed by atoms with Gasteiger partial charge in [0.1, 0.15) is 5.82 Å². The molecule has 0 bridgehead atoms. The van der Waals surface area contributed by atoms with E-state index in [9.17, 15) is 13.2 Å². The summed E-state index contributed by atoms with van der Waals surface area (Å²) in [5.74, 6) is 0.706. The van der Waals surface area contributed by atoms with Gasteiger partial charge in [0, 0.05) is 25.2 Å². The van der Waals surface area contributed by atoms with Crippen molar-refractivity contribution in [3.05, 3.63) is 59.9 Å². The first-order chi connectivity index (χ1) is 15.9. The van der Waals surface area contributed by atoms with Gasteiger partial charge in [-0.3, -0.25) is 4.79 Å². The molecule has 2 aliphatic rings. The Morgan fingerprint density at radius 3 is 2.45 bits per heavy atom. The second kappa shape index (κ2) is 8.91. The molecule has 1 amide bonds. The van der Waals surface area contributed by atoms with Crippen LogP contribution < -0.4 is 0 Å². The number of aromatic nitrogens is 2. The quantitative estimate of drug-likeness (QED) is 0.600.